The number of aliphatic carboxylic acids is 1. The van der Waals surface area contributed by atoms with Gasteiger partial charge in [-0.2, -0.15) is 0 Å². The summed E-state index contributed by atoms with van der Waals surface area (Å²) in [5.74, 6) is -0.681. The van der Waals surface area contributed by atoms with Crippen LogP contribution >= 0.6 is 24.0 Å². The van der Waals surface area contributed by atoms with Crippen molar-refractivity contribution in [2.45, 2.75) is 0 Å². The van der Waals surface area contributed by atoms with Crippen molar-refractivity contribution >= 4 is 30.0 Å². The van der Waals surface area contributed by atoms with Crippen molar-refractivity contribution in [3.63, 3.8) is 0 Å². The number of carboxylic acid groups (broad SMARTS) is 1. The monoisotopic (exact) mass is 223 g/mol. The Hall–Kier alpha value is -1.00. The molecule has 1 aromatic rings. The Balaban J connectivity index is 0.00000144. The zero-order chi connectivity index (χ0) is 8.97. The number of nitrogens with zero attached hydrogens (tertiary/aromatic N) is 1. The van der Waals surface area contributed by atoms with E-state index in [0.717, 1.165) is 0 Å². The molecule has 1 N–H and O–H groups in total. The summed E-state index contributed by atoms with van der Waals surface area (Å²) < 4.78 is 4.80. The number of ether oxygens (including phenoxy) is 1. The molecule has 0 aromatic carbocycles. The van der Waals surface area contributed by atoms with Crippen molar-refractivity contribution in [3.05, 3.63) is 23.5 Å². The van der Waals surface area contributed by atoms with E-state index in [1.165, 1.54) is 18.5 Å². The lowest BCUT2D eigenvalue weighted by Gasteiger charge is -2.01. The normalized spacial score (nSPS) is 8.69. The molecule has 0 unspecified atom stereocenters. The molecule has 0 spiro atoms. The van der Waals surface area contributed by atoms with Crippen molar-refractivity contribution in [3.8, 4) is 5.75 Å². The van der Waals surface area contributed by atoms with Crippen LogP contribution in [0.15, 0.2) is 18.5 Å². The van der Waals surface area contributed by atoms with E-state index < -0.39 is 5.97 Å². The summed E-state index contributed by atoms with van der Waals surface area (Å²) in [6.07, 6.45) is 2.84. The fraction of sp³-hybridized carbons (Fsp3) is 0.143. The summed E-state index contributed by atoms with van der Waals surface area (Å²) >= 11 is 5.57. The van der Waals surface area contributed by atoms with Gasteiger partial charge in [0.15, 0.2) is 6.61 Å². The van der Waals surface area contributed by atoms with Crippen LogP contribution in [0.2, 0.25) is 5.02 Å². The van der Waals surface area contributed by atoms with E-state index in [1.807, 2.05) is 0 Å². The average Bonchev–Trinajstić information content (AvgIpc) is 2.01. The maximum atomic E-state index is 10.1. The second-order valence-corrected chi connectivity index (χ2v) is 2.46. The summed E-state index contributed by atoms with van der Waals surface area (Å²) in [5, 5.41) is 8.68. The molecule has 0 saturated carbocycles. The third-order valence-electron chi connectivity index (χ3n) is 1.04. The standard InChI is InChI=1S/C7H6ClNO3.ClH/c8-5-1-6(3-9-2-5)12-4-7(10)11;/h1-3H,4H2,(H,10,11);1H. The average molecular weight is 224 g/mol. The highest BCUT2D eigenvalue weighted by Gasteiger charge is 1.99. The molecule has 0 fully saturated rings. The molecule has 0 aliphatic heterocycles. The van der Waals surface area contributed by atoms with E-state index in [-0.39, 0.29) is 19.0 Å². The summed E-state index contributed by atoms with van der Waals surface area (Å²) in [6, 6.07) is 1.50. The number of halogens is 2. The van der Waals surface area contributed by atoms with Crippen molar-refractivity contribution in [2.75, 3.05) is 6.61 Å². The van der Waals surface area contributed by atoms with Crippen molar-refractivity contribution in [2.24, 2.45) is 0 Å². The molecule has 1 rings (SSSR count). The molecule has 6 heteroatoms. The van der Waals surface area contributed by atoms with Gasteiger partial charge in [0.1, 0.15) is 5.75 Å². The second kappa shape index (κ2) is 5.61. The molecule has 1 aromatic heterocycles. The zero-order valence-corrected chi connectivity index (χ0v) is 8.01. The Morgan fingerprint density at radius 2 is 2.31 bits per heavy atom. The Labute approximate surface area is 85.9 Å². The van der Waals surface area contributed by atoms with Gasteiger partial charge in [0.05, 0.1) is 11.2 Å². The van der Waals surface area contributed by atoms with Gasteiger partial charge in [0.2, 0.25) is 0 Å². The molecule has 0 saturated heterocycles. The van der Waals surface area contributed by atoms with Crippen LogP contribution in [0.25, 0.3) is 0 Å². The fourth-order valence-corrected chi connectivity index (χ4v) is 0.780. The Bertz CT molecular complexity index is 293. The van der Waals surface area contributed by atoms with Gasteiger partial charge < -0.3 is 9.84 Å². The van der Waals surface area contributed by atoms with Crippen molar-refractivity contribution in [1.82, 2.24) is 4.98 Å². The Morgan fingerprint density at radius 1 is 1.62 bits per heavy atom. The highest BCUT2D eigenvalue weighted by molar-refractivity contribution is 6.30. The van der Waals surface area contributed by atoms with Gasteiger partial charge in [-0.05, 0) is 0 Å². The second-order valence-electron chi connectivity index (χ2n) is 2.02. The van der Waals surface area contributed by atoms with E-state index >= 15 is 0 Å². The molecule has 0 bridgehead atoms. The van der Waals surface area contributed by atoms with Gasteiger partial charge in [-0.15, -0.1) is 12.4 Å². The molecule has 0 aliphatic rings. The summed E-state index contributed by atoms with van der Waals surface area (Å²) in [5.41, 5.74) is 0. The number of hydrogen-bond donors (Lipinski definition) is 1. The summed E-state index contributed by atoms with van der Waals surface area (Å²) in [4.78, 5) is 13.8. The van der Waals surface area contributed by atoms with E-state index in [9.17, 15) is 4.79 Å². The zero-order valence-electron chi connectivity index (χ0n) is 6.44. The van der Waals surface area contributed by atoms with Gasteiger partial charge in [-0.1, -0.05) is 11.6 Å². The molecule has 72 valence electrons. The van der Waals surface area contributed by atoms with Crippen LogP contribution in [0.3, 0.4) is 0 Å². The lowest BCUT2D eigenvalue weighted by molar-refractivity contribution is -0.139. The Kier molecular flexibility index (Phi) is 5.18. The topological polar surface area (TPSA) is 59.4 Å². The fourth-order valence-electron chi connectivity index (χ4n) is 0.616. The Morgan fingerprint density at radius 3 is 2.85 bits per heavy atom. The molecule has 0 radical (unpaired) electrons. The van der Waals surface area contributed by atoms with E-state index in [2.05, 4.69) is 4.98 Å². The maximum absolute atomic E-state index is 10.1. The molecule has 0 atom stereocenters. The number of pyridine rings is 1. The summed E-state index contributed by atoms with van der Waals surface area (Å²) in [6.45, 7) is -0.387. The van der Waals surface area contributed by atoms with Crippen LogP contribution in [0.5, 0.6) is 5.75 Å². The highest BCUT2D eigenvalue weighted by Crippen LogP contribution is 2.14. The first-order valence-corrected chi connectivity index (χ1v) is 3.51. The third-order valence-corrected chi connectivity index (χ3v) is 1.25. The van der Waals surface area contributed by atoms with Gasteiger partial charge in [0, 0.05) is 12.3 Å². The van der Waals surface area contributed by atoms with Gasteiger partial charge in [-0.3, -0.25) is 4.98 Å². The number of rotatable bonds is 3. The van der Waals surface area contributed by atoms with Crippen LogP contribution < -0.4 is 4.74 Å². The molecular formula is C7H7Cl2NO3. The number of aromatic nitrogens is 1. The SMILES string of the molecule is Cl.O=C(O)COc1cncc(Cl)c1. The first kappa shape index (κ1) is 12.0. The van der Waals surface area contributed by atoms with Crippen LogP contribution in [0.1, 0.15) is 0 Å². The van der Waals surface area contributed by atoms with Crippen LogP contribution in [0, 0.1) is 0 Å². The minimum atomic E-state index is -1.03. The smallest absolute Gasteiger partial charge is 0.341 e. The first-order valence-electron chi connectivity index (χ1n) is 3.13. The molecule has 13 heavy (non-hydrogen) atoms. The molecule has 1 heterocycles. The van der Waals surface area contributed by atoms with Crippen molar-refractivity contribution < 1.29 is 14.6 Å². The number of hydrogen-bond acceptors (Lipinski definition) is 3. The molecule has 0 aliphatic carbocycles. The highest BCUT2D eigenvalue weighted by atomic mass is 35.5. The van der Waals surface area contributed by atoms with E-state index in [4.69, 9.17) is 21.4 Å². The van der Waals surface area contributed by atoms with E-state index in [1.54, 1.807) is 0 Å². The summed E-state index contributed by atoms with van der Waals surface area (Å²) in [7, 11) is 0. The van der Waals surface area contributed by atoms with Crippen LogP contribution in [0.4, 0.5) is 0 Å². The molecule has 4 nitrogen and oxygen atoms in total. The minimum Gasteiger partial charge on any atom is -0.480 e. The molecular weight excluding hydrogens is 217 g/mol. The third kappa shape index (κ3) is 4.55. The van der Waals surface area contributed by atoms with Gasteiger partial charge >= 0.3 is 5.97 Å². The lowest BCUT2D eigenvalue weighted by atomic mass is 10.5. The van der Waals surface area contributed by atoms with Crippen LogP contribution in [-0.2, 0) is 4.79 Å². The minimum absolute atomic E-state index is 0. The number of carbonyl (C=O) groups is 1. The maximum Gasteiger partial charge on any atom is 0.341 e. The van der Waals surface area contributed by atoms with E-state index in [0.29, 0.717) is 10.8 Å². The predicted octanol–water partition coefficient (Wildman–Crippen LogP) is 1.62. The van der Waals surface area contributed by atoms with Gasteiger partial charge in [-0.25, -0.2) is 4.79 Å². The molecule has 0 amide bonds. The van der Waals surface area contributed by atoms with Crippen molar-refractivity contribution in [1.29, 1.82) is 0 Å². The lowest BCUT2D eigenvalue weighted by Crippen LogP contribution is -2.09. The first-order chi connectivity index (χ1) is 5.68. The largest absolute Gasteiger partial charge is 0.480 e. The van der Waals surface area contributed by atoms with Gasteiger partial charge in [0.25, 0.3) is 0 Å². The quantitative estimate of drug-likeness (QED) is 0.847. The number of carboxylic acids is 1. The van der Waals surface area contributed by atoms with Crippen LogP contribution in [-0.4, -0.2) is 22.7 Å². The predicted molar refractivity (Wildman–Crippen MR) is 49.6 cm³/mol.